The molecule has 0 bridgehead atoms. The van der Waals surface area contributed by atoms with Crippen molar-refractivity contribution >= 4 is 28.0 Å². The maximum atomic E-state index is 12.4. The molecule has 2 rings (SSSR count). The van der Waals surface area contributed by atoms with Gasteiger partial charge in [0.25, 0.3) is 0 Å². The molecule has 0 aliphatic heterocycles. The number of ether oxygens (including phenoxy) is 2. The van der Waals surface area contributed by atoms with Gasteiger partial charge < -0.3 is 14.8 Å². The summed E-state index contributed by atoms with van der Waals surface area (Å²) < 4.78 is 11.4. The number of carbonyl (C=O) groups is 2. The van der Waals surface area contributed by atoms with E-state index >= 15 is 0 Å². The highest BCUT2D eigenvalue weighted by Gasteiger charge is 2.63. The Morgan fingerprint density at radius 1 is 1.30 bits per heavy atom. The Morgan fingerprint density at radius 2 is 1.91 bits per heavy atom. The van der Waals surface area contributed by atoms with Gasteiger partial charge in [-0.05, 0) is 51.8 Å². The number of hydrogen-bond donors (Lipinski definition) is 1. The van der Waals surface area contributed by atoms with E-state index < -0.39 is 23.2 Å². The van der Waals surface area contributed by atoms with E-state index in [0.717, 1.165) is 10.0 Å². The predicted octanol–water partition coefficient (Wildman–Crippen LogP) is 3.76. The van der Waals surface area contributed by atoms with Gasteiger partial charge in [0, 0.05) is 10.4 Å². The van der Waals surface area contributed by atoms with Crippen LogP contribution in [-0.2, 0) is 14.3 Å². The normalized spacial score (nSPS) is 23.1. The molecule has 1 saturated carbocycles. The lowest BCUT2D eigenvalue weighted by atomic mass is 10.1. The van der Waals surface area contributed by atoms with E-state index in [4.69, 9.17) is 9.47 Å². The number of benzene rings is 1. The topological polar surface area (TPSA) is 64.6 Å². The van der Waals surface area contributed by atoms with Gasteiger partial charge in [-0.1, -0.05) is 28.1 Å². The first-order chi connectivity index (χ1) is 10.7. The summed E-state index contributed by atoms with van der Waals surface area (Å²) in [5.74, 6) is -0.527. The highest BCUT2D eigenvalue weighted by atomic mass is 79.9. The Hall–Kier alpha value is -1.56. The molecule has 1 aliphatic carbocycles. The fourth-order valence-electron chi connectivity index (χ4n) is 2.52. The van der Waals surface area contributed by atoms with Crippen molar-refractivity contribution in [3.63, 3.8) is 0 Å². The average Bonchev–Trinajstić information content (AvgIpc) is 3.13. The highest BCUT2D eigenvalue weighted by molar-refractivity contribution is 9.10. The number of amides is 1. The predicted molar refractivity (Wildman–Crippen MR) is 90.2 cm³/mol. The molecule has 1 aromatic rings. The molecule has 0 heterocycles. The fourth-order valence-corrected chi connectivity index (χ4v) is 2.79. The number of nitrogens with one attached hydrogen (secondary N) is 1. The van der Waals surface area contributed by atoms with Crippen LogP contribution in [0.25, 0.3) is 0 Å². The quantitative estimate of drug-likeness (QED) is 0.803. The van der Waals surface area contributed by atoms with E-state index in [1.165, 1.54) is 0 Å². The van der Waals surface area contributed by atoms with E-state index in [-0.39, 0.29) is 12.5 Å². The third-order valence-corrected chi connectivity index (χ3v) is 4.13. The maximum absolute atomic E-state index is 12.4. The second-order valence-corrected chi connectivity index (χ2v) is 7.54. The van der Waals surface area contributed by atoms with Crippen LogP contribution >= 0.6 is 15.9 Å². The van der Waals surface area contributed by atoms with Crippen molar-refractivity contribution in [2.24, 2.45) is 0 Å². The van der Waals surface area contributed by atoms with Crippen molar-refractivity contribution in [1.29, 1.82) is 0 Å². The minimum atomic E-state index is -1.04. The molecule has 1 aromatic carbocycles. The zero-order valence-electron chi connectivity index (χ0n) is 13.8. The zero-order chi connectivity index (χ0) is 17.3. The lowest BCUT2D eigenvalue weighted by Crippen LogP contribution is -2.47. The van der Waals surface area contributed by atoms with Crippen LogP contribution in [0.5, 0.6) is 0 Å². The van der Waals surface area contributed by atoms with Crippen LogP contribution in [0.4, 0.5) is 4.79 Å². The van der Waals surface area contributed by atoms with E-state index in [1.807, 2.05) is 24.3 Å². The Labute approximate surface area is 144 Å². The summed E-state index contributed by atoms with van der Waals surface area (Å²) in [6.45, 7) is 7.36. The van der Waals surface area contributed by atoms with E-state index in [2.05, 4.69) is 21.2 Å². The van der Waals surface area contributed by atoms with Crippen molar-refractivity contribution in [3.05, 3.63) is 34.3 Å². The van der Waals surface area contributed by atoms with Gasteiger partial charge in [0.15, 0.2) is 0 Å². The van der Waals surface area contributed by atoms with Gasteiger partial charge in [-0.25, -0.2) is 9.59 Å². The Balaban J connectivity index is 2.18. The maximum Gasteiger partial charge on any atom is 0.408 e. The monoisotopic (exact) mass is 383 g/mol. The van der Waals surface area contributed by atoms with E-state index in [0.29, 0.717) is 6.42 Å². The molecular formula is C17H22BrNO4. The van der Waals surface area contributed by atoms with Crippen LogP contribution in [0.1, 0.15) is 45.6 Å². The zero-order valence-corrected chi connectivity index (χ0v) is 15.4. The van der Waals surface area contributed by atoms with Gasteiger partial charge in [-0.2, -0.15) is 0 Å². The van der Waals surface area contributed by atoms with Crippen molar-refractivity contribution in [2.75, 3.05) is 6.61 Å². The standard InChI is InChI=1S/C17H22BrNO4/c1-5-22-14(20)17(19-15(21)23-16(2,3)4)10-13(17)11-6-8-12(18)9-7-11/h6-9,13H,5,10H2,1-4H3,(H,19,21)/t13-,17-/m1/s1. The van der Waals surface area contributed by atoms with Gasteiger partial charge >= 0.3 is 12.1 Å². The van der Waals surface area contributed by atoms with Gasteiger partial charge in [0.2, 0.25) is 0 Å². The van der Waals surface area contributed by atoms with E-state index in [9.17, 15) is 9.59 Å². The molecular weight excluding hydrogens is 362 g/mol. The molecule has 0 aromatic heterocycles. The van der Waals surface area contributed by atoms with Crippen LogP contribution in [-0.4, -0.2) is 29.8 Å². The average molecular weight is 384 g/mol. The van der Waals surface area contributed by atoms with Gasteiger partial charge in [-0.15, -0.1) is 0 Å². The molecule has 1 amide bonds. The molecule has 0 radical (unpaired) electrons. The summed E-state index contributed by atoms with van der Waals surface area (Å²) in [5.41, 5.74) is -0.675. The van der Waals surface area contributed by atoms with Crippen molar-refractivity contribution in [2.45, 2.75) is 51.2 Å². The minimum absolute atomic E-state index is 0.109. The van der Waals surface area contributed by atoms with Crippen LogP contribution in [0.15, 0.2) is 28.7 Å². The molecule has 0 saturated heterocycles. The molecule has 23 heavy (non-hydrogen) atoms. The van der Waals surface area contributed by atoms with Crippen molar-refractivity contribution in [1.82, 2.24) is 5.32 Å². The van der Waals surface area contributed by atoms with Gasteiger partial charge in [-0.3, -0.25) is 0 Å². The lowest BCUT2D eigenvalue weighted by Gasteiger charge is -2.23. The van der Waals surface area contributed by atoms with Crippen LogP contribution in [0.2, 0.25) is 0 Å². The first-order valence-corrected chi connectivity index (χ1v) is 8.41. The lowest BCUT2D eigenvalue weighted by molar-refractivity contribution is -0.147. The second-order valence-electron chi connectivity index (χ2n) is 6.63. The van der Waals surface area contributed by atoms with Gasteiger partial charge in [0.05, 0.1) is 6.61 Å². The molecule has 0 spiro atoms. The summed E-state index contributed by atoms with van der Waals surface area (Å²) in [5, 5.41) is 2.72. The summed E-state index contributed by atoms with van der Waals surface area (Å²) in [6, 6.07) is 7.70. The molecule has 6 heteroatoms. The Bertz CT molecular complexity index is 594. The molecule has 1 aliphatic rings. The molecule has 5 nitrogen and oxygen atoms in total. The summed E-state index contributed by atoms with van der Waals surface area (Å²) >= 11 is 3.39. The first kappa shape index (κ1) is 17.8. The van der Waals surface area contributed by atoms with Crippen LogP contribution in [0, 0.1) is 0 Å². The molecule has 0 unspecified atom stereocenters. The van der Waals surface area contributed by atoms with Crippen molar-refractivity contribution in [3.8, 4) is 0 Å². The van der Waals surface area contributed by atoms with Crippen LogP contribution < -0.4 is 5.32 Å². The van der Waals surface area contributed by atoms with Gasteiger partial charge in [0.1, 0.15) is 11.1 Å². The minimum Gasteiger partial charge on any atom is -0.464 e. The van der Waals surface area contributed by atoms with Crippen molar-refractivity contribution < 1.29 is 19.1 Å². The smallest absolute Gasteiger partial charge is 0.408 e. The third kappa shape index (κ3) is 4.25. The van der Waals surface area contributed by atoms with Crippen LogP contribution in [0.3, 0.4) is 0 Å². The first-order valence-electron chi connectivity index (χ1n) is 7.62. The third-order valence-electron chi connectivity index (χ3n) is 3.60. The largest absolute Gasteiger partial charge is 0.464 e. The number of esters is 1. The number of alkyl carbamates (subject to hydrolysis) is 1. The number of hydrogen-bond acceptors (Lipinski definition) is 4. The number of carbonyl (C=O) groups excluding carboxylic acids is 2. The Morgan fingerprint density at radius 3 is 2.43 bits per heavy atom. The second kappa shape index (κ2) is 6.51. The van der Waals surface area contributed by atoms with E-state index in [1.54, 1.807) is 27.7 Å². The number of rotatable bonds is 4. The summed E-state index contributed by atoms with van der Waals surface area (Å²) in [6.07, 6.45) is -0.0997. The molecule has 2 atom stereocenters. The molecule has 1 N–H and O–H groups in total. The SMILES string of the molecule is CCOC(=O)[C@@]1(NC(=O)OC(C)(C)C)C[C@@H]1c1ccc(Br)cc1. The molecule has 1 fully saturated rings. The number of halogens is 1. The Kier molecular flexibility index (Phi) is 5.04. The summed E-state index contributed by atoms with van der Waals surface area (Å²) in [7, 11) is 0. The summed E-state index contributed by atoms with van der Waals surface area (Å²) in [4.78, 5) is 24.5. The highest BCUT2D eigenvalue weighted by Crippen LogP contribution is 2.52. The fraction of sp³-hybridized carbons (Fsp3) is 0.529. The molecule has 126 valence electrons.